The van der Waals surface area contributed by atoms with Crippen molar-refractivity contribution in [1.82, 2.24) is 9.80 Å². The molecular formula is C18H36N2O. The molecule has 1 heterocycles. The lowest BCUT2D eigenvalue weighted by Crippen LogP contribution is -2.41. The van der Waals surface area contributed by atoms with Crippen molar-refractivity contribution in [2.45, 2.75) is 52.6 Å². The van der Waals surface area contributed by atoms with Crippen LogP contribution in [0.5, 0.6) is 0 Å². The highest BCUT2D eigenvalue weighted by Crippen LogP contribution is 2.40. The van der Waals surface area contributed by atoms with Crippen LogP contribution >= 0.6 is 0 Å². The summed E-state index contributed by atoms with van der Waals surface area (Å²) >= 11 is 0. The van der Waals surface area contributed by atoms with Gasteiger partial charge in [0.25, 0.3) is 0 Å². The molecule has 2 rings (SSSR count). The van der Waals surface area contributed by atoms with E-state index < -0.39 is 0 Å². The standard InChI is InChI=1S/C18H36N2O/c1-18(2,3)16-6-7-17(21)15(10-16)13-20(5)12-14-8-9-19(4)11-14/h14-17,21H,6-13H2,1-5H3. The molecule has 0 amide bonds. The van der Waals surface area contributed by atoms with Crippen molar-refractivity contribution in [2.75, 3.05) is 40.3 Å². The van der Waals surface area contributed by atoms with Gasteiger partial charge in [-0.15, -0.1) is 0 Å². The summed E-state index contributed by atoms with van der Waals surface area (Å²) in [5, 5.41) is 10.4. The van der Waals surface area contributed by atoms with Crippen molar-refractivity contribution in [1.29, 1.82) is 0 Å². The third-order valence-electron chi connectivity index (χ3n) is 5.77. The summed E-state index contributed by atoms with van der Waals surface area (Å²) in [5.74, 6) is 2.04. The summed E-state index contributed by atoms with van der Waals surface area (Å²) in [6.07, 6.45) is 4.63. The molecule has 2 fully saturated rings. The van der Waals surface area contributed by atoms with Crippen LogP contribution in [0.25, 0.3) is 0 Å². The van der Waals surface area contributed by atoms with Crippen molar-refractivity contribution in [3.8, 4) is 0 Å². The van der Waals surface area contributed by atoms with Crippen molar-refractivity contribution < 1.29 is 5.11 Å². The van der Waals surface area contributed by atoms with Crippen LogP contribution in [0.4, 0.5) is 0 Å². The van der Waals surface area contributed by atoms with Crippen LogP contribution in [-0.2, 0) is 0 Å². The maximum absolute atomic E-state index is 10.4. The van der Waals surface area contributed by atoms with E-state index in [0.29, 0.717) is 11.3 Å². The van der Waals surface area contributed by atoms with Crippen LogP contribution in [0.15, 0.2) is 0 Å². The number of nitrogens with zero attached hydrogens (tertiary/aromatic N) is 2. The molecule has 1 aliphatic heterocycles. The molecule has 21 heavy (non-hydrogen) atoms. The summed E-state index contributed by atoms with van der Waals surface area (Å²) < 4.78 is 0. The van der Waals surface area contributed by atoms with Gasteiger partial charge in [-0.1, -0.05) is 20.8 Å². The normalized spacial score (nSPS) is 35.6. The smallest absolute Gasteiger partial charge is 0.0580 e. The molecule has 2 aliphatic rings. The molecular weight excluding hydrogens is 260 g/mol. The second-order valence-electron chi connectivity index (χ2n) is 8.84. The lowest BCUT2D eigenvalue weighted by atomic mass is 9.68. The molecule has 0 aromatic carbocycles. The number of aliphatic hydroxyl groups excluding tert-OH is 1. The number of hydrogen-bond acceptors (Lipinski definition) is 3. The summed E-state index contributed by atoms with van der Waals surface area (Å²) in [4.78, 5) is 4.91. The number of hydrogen-bond donors (Lipinski definition) is 1. The van der Waals surface area contributed by atoms with Gasteiger partial charge in [-0.2, -0.15) is 0 Å². The van der Waals surface area contributed by atoms with Gasteiger partial charge in [0.05, 0.1) is 6.10 Å². The molecule has 3 nitrogen and oxygen atoms in total. The second-order valence-corrected chi connectivity index (χ2v) is 8.84. The van der Waals surface area contributed by atoms with Crippen LogP contribution in [0, 0.1) is 23.2 Å². The van der Waals surface area contributed by atoms with Crippen molar-refractivity contribution in [3.05, 3.63) is 0 Å². The van der Waals surface area contributed by atoms with Gasteiger partial charge in [-0.25, -0.2) is 0 Å². The van der Waals surface area contributed by atoms with Crippen LogP contribution in [0.2, 0.25) is 0 Å². The largest absolute Gasteiger partial charge is 0.393 e. The third-order valence-corrected chi connectivity index (χ3v) is 5.77. The first-order chi connectivity index (χ1) is 9.75. The van der Waals surface area contributed by atoms with E-state index in [1.54, 1.807) is 0 Å². The van der Waals surface area contributed by atoms with E-state index in [-0.39, 0.29) is 6.10 Å². The topological polar surface area (TPSA) is 26.7 Å². The minimum absolute atomic E-state index is 0.0858. The number of likely N-dealkylation sites (tertiary alicyclic amines) is 1. The molecule has 0 aromatic rings. The molecule has 0 spiro atoms. The minimum Gasteiger partial charge on any atom is -0.393 e. The van der Waals surface area contributed by atoms with Crippen molar-refractivity contribution in [3.63, 3.8) is 0 Å². The van der Waals surface area contributed by atoms with Gasteiger partial charge in [0, 0.05) is 19.6 Å². The van der Waals surface area contributed by atoms with Gasteiger partial charge in [0.15, 0.2) is 0 Å². The lowest BCUT2D eigenvalue weighted by molar-refractivity contribution is 0.00505. The predicted molar refractivity (Wildman–Crippen MR) is 89.4 cm³/mol. The Kier molecular flexibility index (Phi) is 5.72. The maximum Gasteiger partial charge on any atom is 0.0580 e. The Morgan fingerprint density at radius 1 is 1.14 bits per heavy atom. The zero-order chi connectivity index (χ0) is 15.6. The zero-order valence-corrected chi connectivity index (χ0v) is 14.8. The third kappa shape index (κ3) is 4.94. The van der Waals surface area contributed by atoms with E-state index >= 15 is 0 Å². The van der Waals surface area contributed by atoms with Crippen LogP contribution < -0.4 is 0 Å². The van der Waals surface area contributed by atoms with Gasteiger partial charge in [-0.05, 0) is 69.5 Å². The SMILES string of the molecule is CN1CCC(CN(C)CC2CC(C(C)(C)C)CCC2O)C1. The van der Waals surface area contributed by atoms with Gasteiger partial charge in [0.2, 0.25) is 0 Å². The van der Waals surface area contributed by atoms with E-state index in [1.165, 1.54) is 38.9 Å². The summed E-state index contributed by atoms with van der Waals surface area (Å²) in [7, 11) is 4.46. The fraction of sp³-hybridized carbons (Fsp3) is 1.00. The summed E-state index contributed by atoms with van der Waals surface area (Å²) in [6.45, 7) is 11.8. The van der Waals surface area contributed by atoms with Gasteiger partial charge in [0.1, 0.15) is 0 Å². The highest BCUT2D eigenvalue weighted by Gasteiger charge is 2.35. The van der Waals surface area contributed by atoms with Gasteiger partial charge < -0.3 is 14.9 Å². The number of aliphatic hydroxyl groups is 1. The highest BCUT2D eigenvalue weighted by atomic mass is 16.3. The molecule has 3 heteroatoms. The van der Waals surface area contributed by atoms with Crippen molar-refractivity contribution >= 4 is 0 Å². The molecule has 0 aromatic heterocycles. The molecule has 1 aliphatic carbocycles. The summed E-state index contributed by atoms with van der Waals surface area (Å²) in [5.41, 5.74) is 0.380. The molecule has 124 valence electrons. The molecule has 1 N–H and O–H groups in total. The van der Waals surface area contributed by atoms with Crippen LogP contribution in [0.3, 0.4) is 0 Å². The van der Waals surface area contributed by atoms with Crippen LogP contribution in [0.1, 0.15) is 46.5 Å². The second kappa shape index (κ2) is 6.97. The molecule has 1 saturated heterocycles. The van der Waals surface area contributed by atoms with Crippen LogP contribution in [-0.4, -0.2) is 61.3 Å². The highest BCUT2D eigenvalue weighted by molar-refractivity contribution is 4.87. The minimum atomic E-state index is -0.0858. The van der Waals surface area contributed by atoms with E-state index in [9.17, 15) is 5.11 Å². The first-order valence-electron chi connectivity index (χ1n) is 8.81. The summed E-state index contributed by atoms with van der Waals surface area (Å²) in [6, 6.07) is 0. The van der Waals surface area contributed by atoms with Gasteiger partial charge >= 0.3 is 0 Å². The van der Waals surface area contributed by atoms with Gasteiger partial charge in [-0.3, -0.25) is 0 Å². The fourth-order valence-corrected chi connectivity index (χ4v) is 4.32. The zero-order valence-electron chi connectivity index (χ0n) is 14.8. The monoisotopic (exact) mass is 296 g/mol. The average Bonchev–Trinajstić information content (AvgIpc) is 2.76. The number of rotatable bonds is 4. The first kappa shape index (κ1) is 17.2. The molecule has 4 atom stereocenters. The van der Waals surface area contributed by atoms with Crippen molar-refractivity contribution in [2.24, 2.45) is 23.2 Å². The predicted octanol–water partition coefficient (Wildman–Crippen LogP) is 2.69. The van der Waals surface area contributed by atoms with E-state index in [1.807, 2.05) is 0 Å². The van der Waals surface area contributed by atoms with E-state index in [2.05, 4.69) is 44.7 Å². The average molecular weight is 296 g/mol. The first-order valence-corrected chi connectivity index (χ1v) is 8.81. The molecule has 1 saturated carbocycles. The Morgan fingerprint density at radius 2 is 1.86 bits per heavy atom. The molecule has 0 radical (unpaired) electrons. The molecule has 0 bridgehead atoms. The maximum atomic E-state index is 10.4. The Balaban J connectivity index is 1.82. The Morgan fingerprint density at radius 3 is 2.43 bits per heavy atom. The fourth-order valence-electron chi connectivity index (χ4n) is 4.32. The van der Waals surface area contributed by atoms with E-state index in [4.69, 9.17) is 0 Å². The quantitative estimate of drug-likeness (QED) is 0.864. The Bertz CT molecular complexity index is 326. The molecule has 4 unspecified atom stereocenters. The Labute approximate surface area is 131 Å². The lowest BCUT2D eigenvalue weighted by Gasteiger charge is -2.41. The van der Waals surface area contributed by atoms with E-state index in [0.717, 1.165) is 24.8 Å². The Hall–Kier alpha value is -0.120.